The van der Waals surface area contributed by atoms with Crippen molar-refractivity contribution in [3.8, 4) is 5.88 Å². The van der Waals surface area contributed by atoms with E-state index in [-0.39, 0.29) is 5.88 Å². The molecule has 3 aromatic rings. The summed E-state index contributed by atoms with van der Waals surface area (Å²) in [7, 11) is 1.72. The van der Waals surface area contributed by atoms with Crippen molar-refractivity contribution in [2.24, 2.45) is 17.2 Å². The second-order valence-corrected chi connectivity index (χ2v) is 6.30. The number of aliphatic imine (C=N–C) groups is 1. The van der Waals surface area contributed by atoms with E-state index in [1.54, 1.807) is 23.7 Å². The summed E-state index contributed by atoms with van der Waals surface area (Å²) in [4.78, 5) is 20.7. The van der Waals surface area contributed by atoms with Crippen LogP contribution in [0.15, 0.2) is 52.6 Å². The first-order valence-electron chi connectivity index (χ1n) is 7.89. The monoisotopic (exact) mass is 367 g/mol. The molecule has 6 nitrogen and oxygen atoms in total. The maximum Gasteiger partial charge on any atom is 0.332 e. The highest BCUT2D eigenvalue weighted by Gasteiger charge is 2.30. The Balaban J connectivity index is 2.00. The molecule has 130 valence electrons. The Morgan fingerprint density at radius 1 is 1.23 bits per heavy atom. The Labute approximate surface area is 154 Å². The summed E-state index contributed by atoms with van der Waals surface area (Å²) in [6.45, 7) is 1.27. The molecule has 0 unspecified atom stereocenters. The van der Waals surface area contributed by atoms with Gasteiger partial charge in [-0.05, 0) is 12.1 Å². The fraction of sp³-hybridized carbons (Fsp3) is 0.105. The minimum Gasteiger partial charge on any atom is -0.494 e. The SMILES string of the molecule is CC(=O)O/N=C1/C(c2c(O)n(C)c3c(Cl)cccc23)=Nc2ccccc21. The van der Waals surface area contributed by atoms with Gasteiger partial charge in [0.15, 0.2) is 0 Å². The standard InChI is InChI=1S/C19H14ClN3O3/c1-10(24)26-22-16-11-6-3-4-9-14(11)21-17(16)15-12-7-5-8-13(20)18(12)23(2)19(15)25/h3-9,25H,1-2H3/b22-16+. The summed E-state index contributed by atoms with van der Waals surface area (Å²) < 4.78 is 1.60. The van der Waals surface area contributed by atoms with Crippen LogP contribution in [0.2, 0.25) is 5.02 Å². The molecule has 1 N–H and O–H groups in total. The van der Waals surface area contributed by atoms with Crippen molar-refractivity contribution < 1.29 is 14.7 Å². The molecule has 26 heavy (non-hydrogen) atoms. The van der Waals surface area contributed by atoms with Crippen LogP contribution in [0.5, 0.6) is 5.88 Å². The largest absolute Gasteiger partial charge is 0.494 e. The van der Waals surface area contributed by atoms with E-state index in [1.807, 2.05) is 30.3 Å². The third-order valence-corrected chi connectivity index (χ3v) is 4.56. The van der Waals surface area contributed by atoms with Crippen molar-refractivity contribution in [3.05, 3.63) is 58.6 Å². The molecule has 1 aromatic heterocycles. The lowest BCUT2D eigenvalue weighted by Gasteiger charge is -2.04. The van der Waals surface area contributed by atoms with E-state index in [9.17, 15) is 9.90 Å². The van der Waals surface area contributed by atoms with Crippen molar-refractivity contribution in [2.45, 2.75) is 6.92 Å². The van der Waals surface area contributed by atoms with E-state index >= 15 is 0 Å². The molecule has 0 saturated heterocycles. The van der Waals surface area contributed by atoms with Gasteiger partial charge in [0, 0.05) is 24.9 Å². The van der Waals surface area contributed by atoms with Gasteiger partial charge >= 0.3 is 5.97 Å². The van der Waals surface area contributed by atoms with Crippen LogP contribution >= 0.6 is 11.6 Å². The number of hydrogen-bond donors (Lipinski definition) is 1. The number of rotatable bonds is 2. The van der Waals surface area contributed by atoms with Gasteiger partial charge in [0.05, 0.1) is 21.8 Å². The number of benzene rings is 2. The van der Waals surface area contributed by atoms with Gasteiger partial charge in [0.2, 0.25) is 5.88 Å². The minimum atomic E-state index is -0.536. The van der Waals surface area contributed by atoms with Crippen LogP contribution in [-0.2, 0) is 16.7 Å². The first-order chi connectivity index (χ1) is 12.5. The number of hydrogen-bond acceptors (Lipinski definition) is 5. The first-order valence-corrected chi connectivity index (χ1v) is 8.27. The summed E-state index contributed by atoms with van der Waals surface area (Å²) in [5.41, 5.74) is 3.41. The first kappa shape index (κ1) is 16.4. The molecule has 2 heterocycles. The molecule has 4 rings (SSSR count). The molecule has 0 fully saturated rings. The van der Waals surface area contributed by atoms with Crippen LogP contribution in [-0.4, -0.2) is 27.1 Å². The Bertz CT molecular complexity index is 1130. The number of halogens is 1. The Morgan fingerprint density at radius 2 is 2.00 bits per heavy atom. The average Bonchev–Trinajstić information content (AvgIpc) is 3.09. The molecule has 7 heteroatoms. The van der Waals surface area contributed by atoms with Crippen molar-refractivity contribution in [3.63, 3.8) is 0 Å². The lowest BCUT2D eigenvalue weighted by Crippen LogP contribution is -2.14. The summed E-state index contributed by atoms with van der Waals surface area (Å²) in [6.07, 6.45) is 0. The number of para-hydroxylation sites is 2. The third-order valence-electron chi connectivity index (χ3n) is 4.25. The zero-order valence-electron chi connectivity index (χ0n) is 14.0. The van der Waals surface area contributed by atoms with Crippen LogP contribution in [0.3, 0.4) is 0 Å². The van der Waals surface area contributed by atoms with Gasteiger partial charge < -0.3 is 14.5 Å². The van der Waals surface area contributed by atoms with Gasteiger partial charge in [-0.2, -0.15) is 0 Å². The number of carbonyl (C=O) groups excluding carboxylic acids is 1. The molecule has 1 aliphatic rings. The lowest BCUT2D eigenvalue weighted by molar-refractivity contribution is -0.140. The fourth-order valence-corrected chi connectivity index (χ4v) is 3.44. The van der Waals surface area contributed by atoms with Crippen LogP contribution < -0.4 is 0 Å². The van der Waals surface area contributed by atoms with Crippen LogP contribution in [0.25, 0.3) is 10.9 Å². The molecule has 0 spiro atoms. The van der Waals surface area contributed by atoms with Crippen LogP contribution in [0, 0.1) is 0 Å². The zero-order valence-corrected chi connectivity index (χ0v) is 14.8. The quantitative estimate of drug-likeness (QED) is 0.550. The number of carbonyl (C=O) groups is 1. The van der Waals surface area contributed by atoms with Gasteiger partial charge in [0.25, 0.3) is 0 Å². The van der Waals surface area contributed by atoms with Gasteiger partial charge in [-0.25, -0.2) is 9.79 Å². The van der Waals surface area contributed by atoms with E-state index < -0.39 is 5.97 Å². The fourth-order valence-electron chi connectivity index (χ4n) is 3.13. The Hall–Kier alpha value is -3.12. The molecule has 0 radical (unpaired) electrons. The van der Waals surface area contributed by atoms with Gasteiger partial charge in [-0.1, -0.05) is 47.1 Å². The Morgan fingerprint density at radius 3 is 2.77 bits per heavy atom. The average molecular weight is 368 g/mol. The molecule has 2 aromatic carbocycles. The number of oxime groups is 1. The highest BCUT2D eigenvalue weighted by Crippen LogP contribution is 2.39. The smallest absolute Gasteiger partial charge is 0.332 e. The number of nitrogens with zero attached hydrogens (tertiary/aromatic N) is 3. The second-order valence-electron chi connectivity index (χ2n) is 5.89. The molecule has 0 saturated carbocycles. The number of aromatic hydroxyl groups is 1. The highest BCUT2D eigenvalue weighted by molar-refractivity contribution is 6.58. The third kappa shape index (κ3) is 2.38. The molecular formula is C19H14ClN3O3. The summed E-state index contributed by atoms with van der Waals surface area (Å²) in [5.74, 6) is -0.526. The zero-order chi connectivity index (χ0) is 18.4. The van der Waals surface area contributed by atoms with Crippen molar-refractivity contribution in [2.75, 3.05) is 0 Å². The van der Waals surface area contributed by atoms with Crippen molar-refractivity contribution >= 4 is 45.6 Å². The molecule has 0 amide bonds. The van der Waals surface area contributed by atoms with E-state index in [0.717, 1.165) is 10.9 Å². The topological polar surface area (TPSA) is 76.2 Å². The maximum absolute atomic E-state index is 11.2. The van der Waals surface area contributed by atoms with Crippen molar-refractivity contribution in [1.82, 2.24) is 4.57 Å². The van der Waals surface area contributed by atoms with Gasteiger partial charge in [0.1, 0.15) is 11.4 Å². The highest BCUT2D eigenvalue weighted by atomic mass is 35.5. The van der Waals surface area contributed by atoms with Crippen molar-refractivity contribution in [1.29, 1.82) is 0 Å². The lowest BCUT2D eigenvalue weighted by atomic mass is 10.0. The normalized spacial score (nSPS) is 14.6. The molecular weight excluding hydrogens is 354 g/mol. The van der Waals surface area contributed by atoms with Gasteiger partial charge in [-0.3, -0.25) is 0 Å². The van der Waals surface area contributed by atoms with E-state index in [2.05, 4.69) is 10.1 Å². The summed E-state index contributed by atoms with van der Waals surface area (Å²) in [5, 5.41) is 16.0. The van der Waals surface area contributed by atoms with E-state index in [4.69, 9.17) is 16.4 Å². The maximum atomic E-state index is 11.2. The van der Waals surface area contributed by atoms with Crippen LogP contribution in [0.4, 0.5) is 5.69 Å². The molecule has 1 aliphatic heterocycles. The predicted octanol–water partition coefficient (Wildman–Crippen LogP) is 3.94. The van der Waals surface area contributed by atoms with E-state index in [1.165, 1.54) is 6.92 Å². The van der Waals surface area contributed by atoms with E-state index in [0.29, 0.717) is 33.2 Å². The predicted molar refractivity (Wildman–Crippen MR) is 101 cm³/mol. The molecule has 0 aliphatic carbocycles. The second kappa shape index (κ2) is 6.00. The minimum absolute atomic E-state index is 0.00943. The van der Waals surface area contributed by atoms with Gasteiger partial charge in [-0.15, -0.1) is 0 Å². The number of fused-ring (bicyclic) bond motifs is 2. The van der Waals surface area contributed by atoms with Crippen LogP contribution in [0.1, 0.15) is 18.1 Å². The number of aromatic nitrogens is 1. The number of aryl methyl sites for hydroxylation is 1. The summed E-state index contributed by atoms with van der Waals surface area (Å²) >= 11 is 6.31. The molecule has 0 bridgehead atoms. The Kier molecular flexibility index (Phi) is 3.77. The molecule has 0 atom stereocenters. The summed E-state index contributed by atoms with van der Waals surface area (Å²) in [6, 6.07) is 12.8.